The number of H-pyrrole nitrogens is 1. The lowest BCUT2D eigenvalue weighted by molar-refractivity contribution is 0.0725. The van der Waals surface area contributed by atoms with Gasteiger partial charge in [-0.15, -0.1) is 5.10 Å². The predicted molar refractivity (Wildman–Crippen MR) is 127 cm³/mol. The maximum absolute atomic E-state index is 13.7. The van der Waals surface area contributed by atoms with Crippen LogP contribution in [0.5, 0.6) is 5.75 Å². The van der Waals surface area contributed by atoms with Gasteiger partial charge in [-0.25, -0.2) is 4.68 Å². The summed E-state index contributed by atoms with van der Waals surface area (Å²) in [6.45, 7) is 10.1. The molecule has 0 bridgehead atoms. The first-order chi connectivity index (χ1) is 15.6. The van der Waals surface area contributed by atoms with E-state index < -0.39 is 0 Å². The highest BCUT2D eigenvalue weighted by Gasteiger charge is 2.33. The summed E-state index contributed by atoms with van der Waals surface area (Å²) in [5, 5.41) is 8.60. The van der Waals surface area contributed by atoms with Crippen LogP contribution in [0.4, 0.5) is 0 Å². The molecule has 1 aromatic carbocycles. The quantitative estimate of drug-likeness (QED) is 0.614. The second kappa shape index (κ2) is 8.67. The smallest absolute Gasteiger partial charge is 0.256 e. The third kappa shape index (κ3) is 4.15. The Balaban J connectivity index is 1.84. The number of nitrogens with one attached hydrogen (secondary N) is 1. The standard InChI is InChI=1S/C24H28ClN5O3/c1-12(2)33-19-10-17(22-15(5)27-28-29(22)6)16-7-8-30(24(32)20(16)21(19)25)11-18-13(3)9-14(4)26-23(18)31/h9-10,12H,7-8,11H2,1-6H3,(H,26,31). The first-order valence-electron chi connectivity index (χ1n) is 11.0. The van der Waals surface area contributed by atoms with Crippen molar-refractivity contribution in [3.8, 4) is 17.0 Å². The van der Waals surface area contributed by atoms with Crippen molar-refractivity contribution >= 4 is 17.5 Å². The van der Waals surface area contributed by atoms with Crippen LogP contribution >= 0.6 is 11.6 Å². The Morgan fingerprint density at radius 2 is 1.94 bits per heavy atom. The normalized spacial score (nSPS) is 13.6. The number of amides is 1. The Bertz CT molecular complexity index is 1290. The Hall–Kier alpha value is -3.13. The number of pyridine rings is 1. The van der Waals surface area contributed by atoms with Gasteiger partial charge in [-0.05, 0) is 64.3 Å². The molecule has 2 aromatic heterocycles. The third-order valence-corrected chi connectivity index (χ3v) is 6.30. The highest BCUT2D eigenvalue weighted by atomic mass is 35.5. The zero-order valence-electron chi connectivity index (χ0n) is 19.7. The van der Waals surface area contributed by atoms with Gasteiger partial charge < -0.3 is 14.6 Å². The number of halogens is 1. The van der Waals surface area contributed by atoms with Gasteiger partial charge >= 0.3 is 0 Å². The molecular weight excluding hydrogens is 442 g/mol. The fraction of sp³-hybridized carbons (Fsp3) is 0.417. The molecule has 3 heterocycles. The first kappa shape index (κ1) is 23.0. The van der Waals surface area contributed by atoms with Gasteiger partial charge in [-0.3, -0.25) is 9.59 Å². The summed E-state index contributed by atoms with van der Waals surface area (Å²) in [6, 6.07) is 3.79. The highest BCUT2D eigenvalue weighted by Crippen LogP contribution is 2.41. The van der Waals surface area contributed by atoms with Crippen molar-refractivity contribution in [3.63, 3.8) is 0 Å². The van der Waals surface area contributed by atoms with E-state index in [0.717, 1.165) is 33.8 Å². The molecule has 174 valence electrons. The molecule has 1 amide bonds. The number of aromatic nitrogens is 4. The van der Waals surface area contributed by atoms with E-state index in [-0.39, 0.29) is 24.1 Å². The Morgan fingerprint density at radius 1 is 1.21 bits per heavy atom. The van der Waals surface area contributed by atoms with Gasteiger partial charge in [-0.2, -0.15) is 0 Å². The topological polar surface area (TPSA) is 93.1 Å². The number of hydrogen-bond acceptors (Lipinski definition) is 5. The van der Waals surface area contributed by atoms with Gasteiger partial charge in [0, 0.05) is 30.4 Å². The number of carbonyl (C=O) groups excluding carboxylic acids is 1. The maximum atomic E-state index is 13.7. The van der Waals surface area contributed by atoms with E-state index in [9.17, 15) is 9.59 Å². The van der Waals surface area contributed by atoms with Crippen molar-refractivity contribution in [1.82, 2.24) is 24.9 Å². The van der Waals surface area contributed by atoms with E-state index in [0.29, 0.717) is 34.9 Å². The highest BCUT2D eigenvalue weighted by molar-refractivity contribution is 6.35. The minimum Gasteiger partial charge on any atom is -0.489 e. The molecule has 33 heavy (non-hydrogen) atoms. The molecule has 8 nitrogen and oxygen atoms in total. The number of ether oxygens (including phenoxy) is 1. The Kier molecular flexibility index (Phi) is 6.05. The predicted octanol–water partition coefficient (Wildman–Crippen LogP) is 3.73. The molecule has 3 aromatic rings. The van der Waals surface area contributed by atoms with Gasteiger partial charge in [0.1, 0.15) is 5.75 Å². The number of nitrogens with zero attached hydrogens (tertiary/aromatic N) is 4. The third-order valence-electron chi connectivity index (χ3n) is 5.93. The summed E-state index contributed by atoms with van der Waals surface area (Å²) in [7, 11) is 1.82. The van der Waals surface area contributed by atoms with Crippen LogP contribution in [0.1, 0.15) is 52.3 Å². The number of aryl methyl sites for hydroxylation is 4. The number of aromatic amines is 1. The maximum Gasteiger partial charge on any atom is 0.256 e. The van der Waals surface area contributed by atoms with E-state index in [1.165, 1.54) is 0 Å². The summed E-state index contributed by atoms with van der Waals surface area (Å²) in [5.41, 5.74) is 5.74. The molecule has 0 atom stereocenters. The molecule has 1 aliphatic heterocycles. The molecule has 0 aliphatic carbocycles. The van der Waals surface area contributed by atoms with Gasteiger partial charge in [0.15, 0.2) is 0 Å². The zero-order chi connectivity index (χ0) is 24.0. The van der Waals surface area contributed by atoms with E-state index in [1.807, 2.05) is 53.8 Å². The minimum absolute atomic E-state index is 0.122. The summed E-state index contributed by atoms with van der Waals surface area (Å²) in [5.74, 6) is 0.226. The van der Waals surface area contributed by atoms with Crippen molar-refractivity contribution in [2.75, 3.05) is 6.54 Å². The average molecular weight is 470 g/mol. The number of carbonyl (C=O) groups is 1. The monoisotopic (exact) mass is 469 g/mol. The zero-order valence-corrected chi connectivity index (χ0v) is 20.5. The Morgan fingerprint density at radius 3 is 2.55 bits per heavy atom. The number of fused-ring (bicyclic) bond motifs is 1. The van der Waals surface area contributed by atoms with E-state index >= 15 is 0 Å². The lowest BCUT2D eigenvalue weighted by Crippen LogP contribution is -2.39. The van der Waals surface area contributed by atoms with Crippen LogP contribution in [0, 0.1) is 20.8 Å². The summed E-state index contributed by atoms with van der Waals surface area (Å²) >= 11 is 6.75. The molecule has 4 rings (SSSR count). The molecule has 0 spiro atoms. The lowest BCUT2D eigenvalue weighted by Gasteiger charge is -2.31. The molecule has 0 unspecified atom stereocenters. The van der Waals surface area contributed by atoms with E-state index in [1.54, 1.807) is 9.58 Å². The second-order valence-electron chi connectivity index (χ2n) is 8.82. The van der Waals surface area contributed by atoms with E-state index in [2.05, 4.69) is 15.3 Å². The van der Waals surface area contributed by atoms with Crippen molar-refractivity contribution < 1.29 is 9.53 Å². The fourth-order valence-corrected chi connectivity index (χ4v) is 4.76. The van der Waals surface area contributed by atoms with Crippen molar-refractivity contribution in [2.24, 2.45) is 7.05 Å². The van der Waals surface area contributed by atoms with Crippen LogP contribution in [0.15, 0.2) is 16.9 Å². The van der Waals surface area contributed by atoms with Crippen LogP contribution in [0.3, 0.4) is 0 Å². The van der Waals surface area contributed by atoms with Crippen molar-refractivity contribution in [1.29, 1.82) is 0 Å². The molecule has 1 N–H and O–H groups in total. The number of benzene rings is 1. The molecule has 0 fully saturated rings. The van der Waals surface area contributed by atoms with Crippen LogP contribution in [0.2, 0.25) is 5.02 Å². The van der Waals surface area contributed by atoms with Gasteiger partial charge in [0.2, 0.25) is 0 Å². The molecule has 1 aliphatic rings. The molecule has 9 heteroatoms. The second-order valence-corrected chi connectivity index (χ2v) is 9.20. The molecule has 0 radical (unpaired) electrons. The van der Waals surface area contributed by atoms with Gasteiger partial charge in [0.05, 0.1) is 34.6 Å². The first-order valence-corrected chi connectivity index (χ1v) is 11.3. The van der Waals surface area contributed by atoms with Crippen molar-refractivity contribution in [3.05, 3.63) is 61.2 Å². The fourth-order valence-electron chi connectivity index (χ4n) is 4.46. The van der Waals surface area contributed by atoms with Crippen LogP contribution in [0.25, 0.3) is 11.3 Å². The largest absolute Gasteiger partial charge is 0.489 e. The number of rotatable bonds is 5. The minimum atomic E-state index is -0.219. The Labute approximate surface area is 197 Å². The molecule has 0 saturated carbocycles. The summed E-state index contributed by atoms with van der Waals surface area (Å²) in [4.78, 5) is 30.8. The molecule has 0 saturated heterocycles. The van der Waals surface area contributed by atoms with Crippen molar-refractivity contribution in [2.45, 2.75) is 53.7 Å². The van der Waals surface area contributed by atoms with Crippen LogP contribution in [-0.4, -0.2) is 43.4 Å². The SMILES string of the molecule is Cc1cc(C)c(CN2CCc3c(-c4c(C)nnn4C)cc(OC(C)C)c(Cl)c3C2=O)c(=O)[nH]1. The average Bonchev–Trinajstić information content (AvgIpc) is 3.05. The number of hydrogen-bond donors (Lipinski definition) is 1. The van der Waals surface area contributed by atoms with Crippen LogP contribution in [-0.2, 0) is 20.0 Å². The van der Waals surface area contributed by atoms with E-state index in [4.69, 9.17) is 16.3 Å². The summed E-state index contributed by atoms with van der Waals surface area (Å²) < 4.78 is 7.67. The molecular formula is C24H28ClN5O3. The van der Waals surface area contributed by atoms with Gasteiger partial charge in [-0.1, -0.05) is 16.8 Å². The van der Waals surface area contributed by atoms with Crippen LogP contribution < -0.4 is 10.3 Å². The summed E-state index contributed by atoms with van der Waals surface area (Å²) in [6.07, 6.45) is 0.466. The lowest BCUT2D eigenvalue weighted by atomic mass is 9.90. The van der Waals surface area contributed by atoms with Gasteiger partial charge in [0.25, 0.3) is 11.5 Å².